The Morgan fingerprint density at radius 2 is 2.00 bits per heavy atom. The third kappa shape index (κ3) is 2.55. The molecule has 2 fully saturated rings. The second kappa shape index (κ2) is 5.64. The third-order valence-electron chi connectivity index (χ3n) is 3.80. The number of hydrogen-bond acceptors (Lipinski definition) is 4. The molecule has 0 radical (unpaired) electrons. The molecule has 2 saturated heterocycles. The molecule has 2 heterocycles. The highest BCUT2D eigenvalue weighted by molar-refractivity contribution is 5.75. The number of ether oxygens (including phenoxy) is 1. The summed E-state index contributed by atoms with van der Waals surface area (Å²) in [4.78, 5) is 14.1. The van der Waals surface area contributed by atoms with Crippen molar-refractivity contribution in [2.24, 2.45) is 0 Å². The van der Waals surface area contributed by atoms with Gasteiger partial charge in [0.05, 0.1) is 7.11 Å². The lowest BCUT2D eigenvalue weighted by molar-refractivity contribution is -0.149. The average molecular weight is 226 g/mol. The molecule has 0 saturated carbocycles. The predicted octanol–water partition coefficient (Wildman–Crippen LogP) is 0.766. The van der Waals surface area contributed by atoms with Gasteiger partial charge in [-0.05, 0) is 45.3 Å². The standard InChI is InChI=1S/C12H22N2O2/c1-16-12(15)11-4-2-3-9-14(11)10-5-7-13-8-6-10/h10-11,13H,2-9H2,1H3/t11-/m1/s1. The summed E-state index contributed by atoms with van der Waals surface area (Å²) in [6.07, 6.45) is 5.66. The molecule has 92 valence electrons. The first-order valence-corrected chi connectivity index (χ1v) is 6.37. The van der Waals surface area contributed by atoms with Gasteiger partial charge in [0.2, 0.25) is 0 Å². The number of piperidine rings is 2. The topological polar surface area (TPSA) is 41.6 Å². The molecule has 0 spiro atoms. The minimum absolute atomic E-state index is 0.0156. The van der Waals surface area contributed by atoms with E-state index in [2.05, 4.69) is 10.2 Å². The van der Waals surface area contributed by atoms with Gasteiger partial charge in [0.1, 0.15) is 6.04 Å². The van der Waals surface area contributed by atoms with E-state index in [9.17, 15) is 4.79 Å². The van der Waals surface area contributed by atoms with Crippen LogP contribution in [0.5, 0.6) is 0 Å². The Hall–Kier alpha value is -0.610. The molecule has 16 heavy (non-hydrogen) atoms. The van der Waals surface area contributed by atoms with E-state index in [1.807, 2.05) is 0 Å². The SMILES string of the molecule is COC(=O)[C@H]1CCCCN1C1CCNCC1. The summed E-state index contributed by atoms with van der Waals surface area (Å²) in [5.41, 5.74) is 0. The molecule has 2 aliphatic rings. The molecule has 2 rings (SSSR count). The van der Waals surface area contributed by atoms with Crippen molar-refractivity contribution in [1.29, 1.82) is 0 Å². The Bertz CT molecular complexity index is 239. The van der Waals surface area contributed by atoms with Gasteiger partial charge in [-0.25, -0.2) is 0 Å². The Morgan fingerprint density at radius 3 is 2.69 bits per heavy atom. The normalized spacial score (nSPS) is 28.9. The molecule has 0 bridgehead atoms. The van der Waals surface area contributed by atoms with E-state index < -0.39 is 0 Å². The average Bonchev–Trinajstić information content (AvgIpc) is 2.39. The van der Waals surface area contributed by atoms with E-state index in [0.717, 1.165) is 45.3 Å². The maximum atomic E-state index is 11.7. The van der Waals surface area contributed by atoms with Crippen LogP contribution in [0.15, 0.2) is 0 Å². The van der Waals surface area contributed by atoms with Crippen molar-refractivity contribution in [2.45, 2.75) is 44.2 Å². The molecule has 0 aromatic heterocycles. The summed E-state index contributed by atoms with van der Waals surface area (Å²) >= 11 is 0. The summed E-state index contributed by atoms with van der Waals surface area (Å²) in [6.45, 7) is 3.22. The van der Waals surface area contributed by atoms with Crippen LogP contribution in [0, 0.1) is 0 Å². The smallest absolute Gasteiger partial charge is 0.323 e. The first-order valence-electron chi connectivity index (χ1n) is 6.37. The summed E-state index contributed by atoms with van der Waals surface area (Å²) in [6, 6.07) is 0.590. The quantitative estimate of drug-likeness (QED) is 0.706. The Balaban J connectivity index is 2.00. The molecule has 0 aromatic rings. The summed E-state index contributed by atoms with van der Waals surface area (Å²) < 4.78 is 4.91. The van der Waals surface area contributed by atoms with E-state index in [-0.39, 0.29) is 12.0 Å². The van der Waals surface area contributed by atoms with Crippen molar-refractivity contribution in [3.8, 4) is 0 Å². The maximum absolute atomic E-state index is 11.7. The highest BCUT2D eigenvalue weighted by Crippen LogP contribution is 2.24. The minimum Gasteiger partial charge on any atom is -0.468 e. The monoisotopic (exact) mass is 226 g/mol. The van der Waals surface area contributed by atoms with Gasteiger partial charge in [-0.15, -0.1) is 0 Å². The molecular formula is C12H22N2O2. The summed E-state index contributed by atoms with van der Waals surface area (Å²) in [7, 11) is 1.50. The Morgan fingerprint density at radius 1 is 1.25 bits per heavy atom. The Labute approximate surface area is 97.3 Å². The molecule has 0 unspecified atom stereocenters. The first kappa shape index (κ1) is 11.9. The van der Waals surface area contributed by atoms with Crippen LogP contribution in [0.2, 0.25) is 0 Å². The van der Waals surface area contributed by atoms with Crippen LogP contribution >= 0.6 is 0 Å². The minimum atomic E-state index is -0.0433. The number of methoxy groups -OCH3 is 1. The third-order valence-corrected chi connectivity index (χ3v) is 3.80. The van der Waals surface area contributed by atoms with E-state index in [4.69, 9.17) is 4.74 Å². The zero-order chi connectivity index (χ0) is 11.4. The highest BCUT2D eigenvalue weighted by Gasteiger charge is 2.34. The van der Waals surface area contributed by atoms with Crippen LogP contribution in [-0.2, 0) is 9.53 Å². The van der Waals surface area contributed by atoms with Crippen LogP contribution < -0.4 is 5.32 Å². The van der Waals surface area contributed by atoms with Crippen LogP contribution in [0.4, 0.5) is 0 Å². The number of nitrogens with zero attached hydrogens (tertiary/aromatic N) is 1. The molecular weight excluding hydrogens is 204 g/mol. The second-order valence-electron chi connectivity index (χ2n) is 4.75. The molecule has 2 aliphatic heterocycles. The fourth-order valence-electron chi connectivity index (χ4n) is 2.92. The molecule has 0 aromatic carbocycles. The van der Waals surface area contributed by atoms with Crippen LogP contribution in [0.1, 0.15) is 32.1 Å². The van der Waals surface area contributed by atoms with Gasteiger partial charge in [0.15, 0.2) is 0 Å². The molecule has 0 aliphatic carbocycles. The van der Waals surface area contributed by atoms with Crippen molar-refractivity contribution in [3.63, 3.8) is 0 Å². The number of rotatable bonds is 2. The largest absolute Gasteiger partial charge is 0.468 e. The molecule has 4 heteroatoms. The molecule has 1 atom stereocenters. The molecule has 1 N–H and O–H groups in total. The van der Waals surface area contributed by atoms with Crippen molar-refractivity contribution in [1.82, 2.24) is 10.2 Å². The van der Waals surface area contributed by atoms with Crippen LogP contribution in [0.25, 0.3) is 0 Å². The van der Waals surface area contributed by atoms with Crippen molar-refractivity contribution >= 4 is 5.97 Å². The number of hydrogen-bond donors (Lipinski definition) is 1. The van der Waals surface area contributed by atoms with E-state index >= 15 is 0 Å². The van der Waals surface area contributed by atoms with Gasteiger partial charge in [-0.1, -0.05) is 6.42 Å². The molecule has 0 amide bonds. The maximum Gasteiger partial charge on any atom is 0.323 e. The van der Waals surface area contributed by atoms with Gasteiger partial charge in [-0.2, -0.15) is 0 Å². The fraction of sp³-hybridized carbons (Fsp3) is 0.917. The van der Waals surface area contributed by atoms with Gasteiger partial charge in [0.25, 0.3) is 0 Å². The number of carbonyl (C=O) groups is 1. The number of likely N-dealkylation sites (tertiary alicyclic amines) is 1. The highest BCUT2D eigenvalue weighted by atomic mass is 16.5. The summed E-state index contributed by atoms with van der Waals surface area (Å²) in [5, 5.41) is 3.37. The predicted molar refractivity (Wildman–Crippen MR) is 62.3 cm³/mol. The van der Waals surface area contributed by atoms with Crippen LogP contribution in [-0.4, -0.2) is 49.7 Å². The van der Waals surface area contributed by atoms with Crippen LogP contribution in [0.3, 0.4) is 0 Å². The van der Waals surface area contributed by atoms with E-state index in [1.54, 1.807) is 0 Å². The lowest BCUT2D eigenvalue weighted by atomic mass is 9.95. The fourth-order valence-corrected chi connectivity index (χ4v) is 2.92. The number of esters is 1. The lowest BCUT2D eigenvalue weighted by Crippen LogP contribution is -2.53. The number of nitrogens with one attached hydrogen (secondary N) is 1. The van der Waals surface area contributed by atoms with Gasteiger partial charge in [-0.3, -0.25) is 9.69 Å². The zero-order valence-electron chi connectivity index (χ0n) is 10.1. The number of carbonyl (C=O) groups excluding carboxylic acids is 1. The first-order chi connectivity index (χ1) is 7.83. The van der Waals surface area contributed by atoms with Gasteiger partial charge >= 0.3 is 5.97 Å². The van der Waals surface area contributed by atoms with E-state index in [0.29, 0.717) is 6.04 Å². The molecule has 4 nitrogen and oxygen atoms in total. The lowest BCUT2D eigenvalue weighted by Gasteiger charge is -2.41. The van der Waals surface area contributed by atoms with Crippen molar-refractivity contribution < 1.29 is 9.53 Å². The second-order valence-corrected chi connectivity index (χ2v) is 4.75. The van der Waals surface area contributed by atoms with Crippen molar-refractivity contribution in [2.75, 3.05) is 26.7 Å². The summed E-state index contributed by atoms with van der Waals surface area (Å²) in [5.74, 6) is -0.0433. The zero-order valence-corrected chi connectivity index (χ0v) is 10.1. The van der Waals surface area contributed by atoms with E-state index in [1.165, 1.54) is 13.5 Å². The van der Waals surface area contributed by atoms with Gasteiger partial charge < -0.3 is 10.1 Å². The van der Waals surface area contributed by atoms with Crippen molar-refractivity contribution in [3.05, 3.63) is 0 Å². The Kier molecular flexibility index (Phi) is 4.18. The van der Waals surface area contributed by atoms with Gasteiger partial charge in [0, 0.05) is 6.04 Å².